The number of carbonyl (C=O) groups excluding carboxylic acids is 2. The van der Waals surface area contributed by atoms with E-state index in [9.17, 15) is 9.59 Å². The van der Waals surface area contributed by atoms with Crippen LogP contribution in [-0.4, -0.2) is 41.2 Å². The van der Waals surface area contributed by atoms with Crippen molar-refractivity contribution in [2.24, 2.45) is 11.8 Å². The fraction of sp³-hybridized carbons (Fsp3) is 0.412. The largest absolute Gasteiger partial charge is 0.297 e. The highest BCUT2D eigenvalue weighted by atomic mass is 16.2. The minimum atomic E-state index is -0.166. The molecule has 0 spiro atoms. The molecule has 4 heteroatoms. The molecule has 0 bridgehead atoms. The summed E-state index contributed by atoms with van der Waals surface area (Å²) in [5.41, 5.74) is 2.06. The van der Waals surface area contributed by atoms with Gasteiger partial charge in [-0.05, 0) is 12.5 Å². The molecule has 21 heavy (non-hydrogen) atoms. The normalized spacial score (nSPS) is 25.5. The Balaban J connectivity index is 1.67. The molecule has 0 N–H and O–H groups in total. The fourth-order valence-electron chi connectivity index (χ4n) is 3.29. The van der Waals surface area contributed by atoms with Crippen molar-refractivity contribution in [3.63, 3.8) is 0 Å². The first-order chi connectivity index (χ1) is 10.1. The molecule has 0 saturated carbocycles. The molecular weight excluding hydrogens is 264 g/mol. The third-order valence-electron chi connectivity index (χ3n) is 4.24. The third kappa shape index (κ3) is 2.63. The molecule has 2 atom stereocenters. The molecule has 3 rings (SSSR count). The highest BCUT2D eigenvalue weighted by Gasteiger charge is 2.51. The summed E-state index contributed by atoms with van der Waals surface area (Å²) in [5.74, 6) is -0.381. The summed E-state index contributed by atoms with van der Waals surface area (Å²) in [4.78, 5) is 28.3. The van der Waals surface area contributed by atoms with E-state index in [0.717, 1.165) is 12.1 Å². The molecule has 2 aliphatic heterocycles. The Morgan fingerprint density at radius 2 is 1.71 bits per heavy atom. The lowest BCUT2D eigenvalue weighted by molar-refractivity contribution is -0.140. The molecule has 0 aliphatic carbocycles. The van der Waals surface area contributed by atoms with Crippen molar-refractivity contribution >= 4 is 11.8 Å². The van der Waals surface area contributed by atoms with Crippen molar-refractivity contribution in [3.8, 4) is 0 Å². The maximum absolute atomic E-state index is 12.4. The number of imide groups is 1. The van der Waals surface area contributed by atoms with Crippen LogP contribution in [0.15, 0.2) is 42.5 Å². The molecule has 0 unspecified atom stereocenters. The van der Waals surface area contributed by atoms with Crippen LogP contribution in [-0.2, 0) is 16.1 Å². The van der Waals surface area contributed by atoms with Gasteiger partial charge in [0.2, 0.25) is 11.8 Å². The monoisotopic (exact) mass is 284 g/mol. The molecule has 4 nitrogen and oxygen atoms in total. The number of fused-ring (bicyclic) bond motifs is 1. The third-order valence-corrected chi connectivity index (χ3v) is 4.24. The molecule has 1 aromatic carbocycles. The number of nitrogens with zero attached hydrogens (tertiary/aromatic N) is 2. The Morgan fingerprint density at radius 1 is 1.14 bits per heavy atom. The second-order valence-corrected chi connectivity index (χ2v) is 6.11. The van der Waals surface area contributed by atoms with Crippen molar-refractivity contribution in [1.29, 1.82) is 0 Å². The van der Waals surface area contributed by atoms with E-state index in [0.29, 0.717) is 19.6 Å². The van der Waals surface area contributed by atoms with Crippen molar-refractivity contribution < 1.29 is 9.59 Å². The number of amides is 2. The minimum Gasteiger partial charge on any atom is -0.297 e. The van der Waals surface area contributed by atoms with Crippen LogP contribution in [0.2, 0.25) is 0 Å². The topological polar surface area (TPSA) is 40.6 Å². The predicted octanol–water partition coefficient (Wildman–Crippen LogP) is 1.68. The van der Waals surface area contributed by atoms with Crippen molar-refractivity contribution in [2.75, 3.05) is 19.6 Å². The number of likely N-dealkylation sites (tertiary alicyclic amines) is 2. The molecule has 2 amide bonds. The zero-order valence-electron chi connectivity index (χ0n) is 12.3. The van der Waals surface area contributed by atoms with Crippen molar-refractivity contribution in [2.45, 2.75) is 13.5 Å². The lowest BCUT2D eigenvalue weighted by Crippen LogP contribution is -2.36. The average molecular weight is 284 g/mol. The van der Waals surface area contributed by atoms with Gasteiger partial charge in [-0.3, -0.25) is 19.4 Å². The van der Waals surface area contributed by atoms with E-state index in [2.05, 4.69) is 23.6 Å². The highest BCUT2D eigenvalue weighted by Crippen LogP contribution is 2.34. The zero-order chi connectivity index (χ0) is 15.0. The van der Waals surface area contributed by atoms with E-state index in [4.69, 9.17) is 0 Å². The summed E-state index contributed by atoms with van der Waals surface area (Å²) in [6, 6.07) is 10.2. The summed E-state index contributed by atoms with van der Waals surface area (Å²) < 4.78 is 0. The van der Waals surface area contributed by atoms with E-state index in [1.807, 2.05) is 25.1 Å². The van der Waals surface area contributed by atoms with Gasteiger partial charge in [-0.2, -0.15) is 0 Å². The summed E-state index contributed by atoms with van der Waals surface area (Å²) >= 11 is 0. The summed E-state index contributed by atoms with van der Waals surface area (Å²) in [6.07, 6.45) is 0. The number of rotatable bonds is 4. The second-order valence-electron chi connectivity index (χ2n) is 6.11. The lowest BCUT2D eigenvalue weighted by Gasteiger charge is -2.20. The molecular formula is C17H20N2O2. The smallest absolute Gasteiger partial charge is 0.234 e. The van der Waals surface area contributed by atoms with Crippen LogP contribution < -0.4 is 0 Å². The van der Waals surface area contributed by atoms with Crippen molar-refractivity contribution in [3.05, 3.63) is 48.0 Å². The molecule has 2 fully saturated rings. The maximum Gasteiger partial charge on any atom is 0.234 e. The van der Waals surface area contributed by atoms with Crippen molar-refractivity contribution in [1.82, 2.24) is 9.80 Å². The summed E-state index contributed by atoms with van der Waals surface area (Å²) in [6.45, 7) is 8.16. The van der Waals surface area contributed by atoms with Gasteiger partial charge in [0.15, 0.2) is 0 Å². The number of benzene rings is 1. The average Bonchev–Trinajstić information content (AvgIpc) is 2.95. The highest BCUT2D eigenvalue weighted by molar-refractivity contribution is 6.06. The number of hydrogen-bond donors (Lipinski definition) is 0. The van der Waals surface area contributed by atoms with Gasteiger partial charge in [0.05, 0.1) is 11.8 Å². The lowest BCUT2D eigenvalue weighted by atomic mass is 10.00. The van der Waals surface area contributed by atoms with Gasteiger partial charge in [-0.1, -0.05) is 42.5 Å². The molecule has 2 aliphatic rings. The van der Waals surface area contributed by atoms with Gasteiger partial charge in [-0.25, -0.2) is 0 Å². The van der Waals surface area contributed by atoms with Crippen LogP contribution in [0.1, 0.15) is 12.5 Å². The minimum absolute atomic E-state index is 0.0245. The Bertz CT molecular complexity index is 558. The summed E-state index contributed by atoms with van der Waals surface area (Å²) in [5, 5.41) is 0. The Kier molecular flexibility index (Phi) is 3.64. The summed E-state index contributed by atoms with van der Waals surface area (Å²) in [7, 11) is 0. The van der Waals surface area contributed by atoms with Gasteiger partial charge >= 0.3 is 0 Å². The maximum atomic E-state index is 12.4. The van der Waals surface area contributed by atoms with Gasteiger partial charge in [0, 0.05) is 26.2 Å². The van der Waals surface area contributed by atoms with E-state index in [1.54, 1.807) is 0 Å². The Hall–Kier alpha value is -1.94. The van der Waals surface area contributed by atoms with Crippen LogP contribution in [0.4, 0.5) is 0 Å². The predicted molar refractivity (Wildman–Crippen MR) is 80.2 cm³/mol. The van der Waals surface area contributed by atoms with Gasteiger partial charge in [0.1, 0.15) is 0 Å². The first-order valence-corrected chi connectivity index (χ1v) is 7.32. The van der Waals surface area contributed by atoms with E-state index in [1.165, 1.54) is 10.5 Å². The molecule has 1 aromatic rings. The van der Waals surface area contributed by atoms with Gasteiger partial charge < -0.3 is 0 Å². The quantitative estimate of drug-likeness (QED) is 0.624. The Morgan fingerprint density at radius 3 is 2.24 bits per heavy atom. The van der Waals surface area contributed by atoms with E-state index in [-0.39, 0.29) is 23.7 Å². The van der Waals surface area contributed by atoms with Gasteiger partial charge in [-0.15, -0.1) is 0 Å². The molecule has 2 heterocycles. The molecule has 0 radical (unpaired) electrons. The van der Waals surface area contributed by atoms with Crippen LogP contribution in [0.3, 0.4) is 0 Å². The second kappa shape index (κ2) is 5.45. The molecule has 2 saturated heterocycles. The first-order valence-electron chi connectivity index (χ1n) is 7.32. The van der Waals surface area contributed by atoms with Crippen LogP contribution in [0, 0.1) is 11.8 Å². The first kappa shape index (κ1) is 14.0. The van der Waals surface area contributed by atoms with Crippen LogP contribution in [0.25, 0.3) is 0 Å². The van der Waals surface area contributed by atoms with Crippen LogP contribution in [0.5, 0.6) is 0 Å². The number of carbonyl (C=O) groups is 2. The van der Waals surface area contributed by atoms with Crippen LogP contribution >= 0.6 is 0 Å². The fourth-order valence-corrected chi connectivity index (χ4v) is 3.29. The van der Waals surface area contributed by atoms with E-state index >= 15 is 0 Å². The zero-order valence-corrected chi connectivity index (χ0v) is 12.3. The molecule has 110 valence electrons. The standard InChI is InChI=1S/C17H20N2O2/c1-12(2)8-19-16(20)14-10-18(11-15(14)17(19)21)9-13-6-4-3-5-7-13/h3-7,14-15H,1,8-11H2,2H3/t14-,15-/m1/s1. The van der Waals surface area contributed by atoms with Gasteiger partial charge in [0.25, 0.3) is 0 Å². The van der Waals surface area contributed by atoms with E-state index < -0.39 is 0 Å². The number of hydrogen-bond acceptors (Lipinski definition) is 3. The SMILES string of the molecule is C=C(C)CN1C(=O)[C@@H]2CN(Cc3ccccc3)C[C@H]2C1=O. The molecule has 0 aromatic heterocycles. The Labute approximate surface area is 125 Å².